The molecule has 0 saturated carbocycles. The molecule has 0 heterocycles. The zero-order valence-corrected chi connectivity index (χ0v) is 9.52. The third-order valence-electron chi connectivity index (χ3n) is 2.05. The maximum atomic E-state index is 10.5. The van der Waals surface area contributed by atoms with Gasteiger partial charge in [-0.15, -0.1) is 0 Å². The Balaban J connectivity index is 4.42. The lowest BCUT2D eigenvalue weighted by molar-refractivity contribution is -0.108. The van der Waals surface area contributed by atoms with Crippen molar-refractivity contribution in [3.05, 3.63) is 0 Å². The lowest BCUT2D eigenvalue weighted by atomic mass is 10.0. The molecule has 4 N–H and O–H groups in total. The number of hydrogen-bond acceptors (Lipinski definition) is 5. The molecule has 2 amide bonds. The molecule has 0 saturated heterocycles. The number of amides is 2. The second kappa shape index (κ2) is 6.89. The number of carbonyl (C=O) groups excluding carboxylic acids is 2. The lowest BCUT2D eigenvalue weighted by Gasteiger charge is -2.30. The second-order valence-electron chi connectivity index (χ2n) is 3.19. The van der Waals surface area contributed by atoms with E-state index in [4.69, 9.17) is 16.2 Å². The molecule has 0 aromatic heterocycles. The summed E-state index contributed by atoms with van der Waals surface area (Å²) in [6, 6.07) is 0. The van der Waals surface area contributed by atoms with Crippen molar-refractivity contribution in [3.8, 4) is 0 Å². The zero-order chi connectivity index (χ0) is 12.6. The van der Waals surface area contributed by atoms with E-state index in [1.807, 2.05) is 6.92 Å². The lowest BCUT2D eigenvalue weighted by Crippen LogP contribution is -2.44. The summed E-state index contributed by atoms with van der Waals surface area (Å²) in [4.78, 5) is 21.0. The maximum absolute atomic E-state index is 10.5. The van der Waals surface area contributed by atoms with Crippen molar-refractivity contribution in [1.82, 2.24) is 0 Å². The minimum atomic E-state index is -0.906. The molecule has 0 unspecified atom stereocenters. The van der Waals surface area contributed by atoms with Gasteiger partial charge in [-0.2, -0.15) is 0 Å². The molecule has 0 aromatic rings. The smallest absolute Gasteiger partial charge is 0.404 e. The predicted molar refractivity (Wildman–Crippen MR) is 55.7 cm³/mol. The summed E-state index contributed by atoms with van der Waals surface area (Å²) in [5.74, 6) is 0. The van der Waals surface area contributed by atoms with Gasteiger partial charge < -0.3 is 25.7 Å². The topological polar surface area (TPSA) is 114 Å². The molecular weight excluding hydrogens is 216 g/mol. The van der Waals surface area contributed by atoms with Crippen LogP contribution < -0.4 is 11.5 Å². The van der Waals surface area contributed by atoms with Crippen molar-refractivity contribution in [2.24, 2.45) is 11.5 Å². The van der Waals surface area contributed by atoms with E-state index in [1.54, 1.807) is 6.92 Å². The van der Waals surface area contributed by atoms with E-state index in [-0.39, 0.29) is 13.2 Å². The van der Waals surface area contributed by atoms with Gasteiger partial charge in [0.1, 0.15) is 18.8 Å². The largest absolute Gasteiger partial charge is 0.446 e. The Morgan fingerprint density at radius 1 is 1.06 bits per heavy atom. The van der Waals surface area contributed by atoms with Crippen LogP contribution in [0.2, 0.25) is 0 Å². The Bertz CT molecular complexity index is 226. The molecule has 0 fully saturated rings. The Labute approximate surface area is 94.0 Å². The fraction of sp³-hybridized carbons (Fsp3) is 0.778. The van der Waals surface area contributed by atoms with E-state index in [2.05, 4.69) is 9.47 Å². The number of ether oxygens (including phenoxy) is 3. The first-order valence-corrected chi connectivity index (χ1v) is 4.94. The summed E-state index contributed by atoms with van der Waals surface area (Å²) < 4.78 is 14.7. The SMILES string of the molecule is CCOC(CC)(COC(N)=O)COC(N)=O. The molecule has 7 nitrogen and oxygen atoms in total. The van der Waals surface area contributed by atoms with Gasteiger partial charge in [-0.3, -0.25) is 0 Å². The van der Waals surface area contributed by atoms with E-state index in [1.165, 1.54) is 0 Å². The van der Waals surface area contributed by atoms with Crippen LogP contribution in [0.4, 0.5) is 9.59 Å². The molecule has 0 bridgehead atoms. The second-order valence-corrected chi connectivity index (χ2v) is 3.19. The molecule has 0 aromatic carbocycles. The molecule has 0 rings (SSSR count). The van der Waals surface area contributed by atoms with E-state index in [9.17, 15) is 9.59 Å². The van der Waals surface area contributed by atoms with Gasteiger partial charge in [0.05, 0.1) is 0 Å². The minimum absolute atomic E-state index is 0.0834. The first-order chi connectivity index (χ1) is 7.45. The molecule has 0 spiro atoms. The minimum Gasteiger partial charge on any atom is -0.446 e. The normalized spacial score (nSPS) is 10.9. The van der Waals surface area contributed by atoms with Crippen molar-refractivity contribution < 1.29 is 23.8 Å². The maximum Gasteiger partial charge on any atom is 0.404 e. The molecule has 94 valence electrons. The number of hydrogen-bond donors (Lipinski definition) is 2. The van der Waals surface area contributed by atoms with E-state index < -0.39 is 17.8 Å². The van der Waals surface area contributed by atoms with E-state index in [0.717, 1.165) is 0 Å². The third kappa shape index (κ3) is 5.40. The summed E-state index contributed by atoms with van der Waals surface area (Å²) in [6.07, 6.45) is -1.32. The highest BCUT2D eigenvalue weighted by atomic mass is 16.6. The Morgan fingerprint density at radius 3 is 1.75 bits per heavy atom. The van der Waals surface area contributed by atoms with Gasteiger partial charge in [-0.05, 0) is 13.3 Å². The van der Waals surface area contributed by atoms with Crippen LogP contribution in [0.15, 0.2) is 0 Å². The van der Waals surface area contributed by atoms with Gasteiger partial charge in [0.2, 0.25) is 0 Å². The Hall–Kier alpha value is -1.50. The van der Waals surface area contributed by atoms with Crippen LogP contribution >= 0.6 is 0 Å². The molecule has 0 aliphatic heterocycles. The Morgan fingerprint density at radius 2 is 1.50 bits per heavy atom. The summed E-state index contributed by atoms with van der Waals surface area (Å²) >= 11 is 0. The van der Waals surface area contributed by atoms with E-state index in [0.29, 0.717) is 13.0 Å². The van der Waals surface area contributed by atoms with Gasteiger partial charge in [0.25, 0.3) is 0 Å². The first kappa shape index (κ1) is 14.5. The summed E-state index contributed by atoms with van der Waals surface area (Å²) in [6.45, 7) is 3.81. The highest BCUT2D eigenvalue weighted by Crippen LogP contribution is 2.17. The number of rotatable bonds is 7. The number of carbonyl (C=O) groups is 2. The molecule has 16 heavy (non-hydrogen) atoms. The van der Waals surface area contributed by atoms with Crippen LogP contribution in [0.1, 0.15) is 20.3 Å². The molecular formula is C9H18N2O5. The number of primary amides is 2. The quantitative estimate of drug-likeness (QED) is 0.660. The average Bonchev–Trinajstić information content (AvgIpc) is 2.22. The van der Waals surface area contributed by atoms with Gasteiger partial charge in [-0.25, -0.2) is 9.59 Å². The fourth-order valence-corrected chi connectivity index (χ4v) is 1.14. The monoisotopic (exact) mass is 234 g/mol. The summed E-state index contributed by atoms with van der Waals surface area (Å²) in [5.41, 5.74) is 8.82. The van der Waals surface area contributed by atoms with Crippen molar-refractivity contribution >= 4 is 12.2 Å². The van der Waals surface area contributed by atoms with Crippen molar-refractivity contribution in [1.29, 1.82) is 0 Å². The van der Waals surface area contributed by atoms with Crippen LogP contribution in [0, 0.1) is 0 Å². The Kier molecular flexibility index (Phi) is 6.24. The summed E-state index contributed by atoms with van der Waals surface area (Å²) in [7, 11) is 0. The zero-order valence-electron chi connectivity index (χ0n) is 9.52. The average molecular weight is 234 g/mol. The third-order valence-corrected chi connectivity index (χ3v) is 2.05. The van der Waals surface area contributed by atoms with Crippen LogP contribution in [0.5, 0.6) is 0 Å². The standard InChI is InChI=1S/C9H18N2O5/c1-3-9(16-4-2,5-14-7(10)12)6-15-8(11)13/h3-6H2,1-2H3,(H2,10,12)(H2,11,13). The van der Waals surface area contributed by atoms with Crippen molar-refractivity contribution in [2.75, 3.05) is 19.8 Å². The van der Waals surface area contributed by atoms with Crippen LogP contribution in [-0.4, -0.2) is 37.6 Å². The molecule has 0 aliphatic rings. The molecule has 7 heteroatoms. The molecule has 0 radical (unpaired) electrons. The van der Waals surface area contributed by atoms with E-state index >= 15 is 0 Å². The van der Waals surface area contributed by atoms with Gasteiger partial charge >= 0.3 is 12.2 Å². The summed E-state index contributed by atoms with van der Waals surface area (Å²) in [5, 5.41) is 0. The van der Waals surface area contributed by atoms with Crippen LogP contribution in [0.25, 0.3) is 0 Å². The molecule has 0 atom stereocenters. The first-order valence-electron chi connectivity index (χ1n) is 4.94. The van der Waals surface area contributed by atoms with Gasteiger partial charge in [0.15, 0.2) is 0 Å². The van der Waals surface area contributed by atoms with Crippen LogP contribution in [-0.2, 0) is 14.2 Å². The highest BCUT2D eigenvalue weighted by Gasteiger charge is 2.32. The van der Waals surface area contributed by atoms with Gasteiger partial charge in [0, 0.05) is 6.61 Å². The fourth-order valence-electron chi connectivity index (χ4n) is 1.14. The van der Waals surface area contributed by atoms with Crippen LogP contribution in [0.3, 0.4) is 0 Å². The number of nitrogens with two attached hydrogens (primary N) is 2. The van der Waals surface area contributed by atoms with Gasteiger partial charge in [-0.1, -0.05) is 6.92 Å². The van der Waals surface area contributed by atoms with Crippen molar-refractivity contribution in [3.63, 3.8) is 0 Å². The highest BCUT2D eigenvalue weighted by molar-refractivity contribution is 5.65. The van der Waals surface area contributed by atoms with Crippen molar-refractivity contribution in [2.45, 2.75) is 25.9 Å². The predicted octanol–water partition coefficient (Wildman–Crippen LogP) is 0.362. The molecule has 0 aliphatic carbocycles.